The lowest BCUT2D eigenvalue weighted by Crippen LogP contribution is -1.99. The zero-order valence-corrected chi connectivity index (χ0v) is 6.53. The van der Waals surface area contributed by atoms with Gasteiger partial charge in [0.25, 0.3) is 0 Å². The van der Waals surface area contributed by atoms with Gasteiger partial charge in [-0.05, 0) is 18.6 Å². The van der Waals surface area contributed by atoms with Crippen molar-refractivity contribution in [2.24, 2.45) is 0 Å². The van der Waals surface area contributed by atoms with Gasteiger partial charge < -0.3 is 5.32 Å². The standard InChI is InChI=1S/C8H7N3O/c1-6-2-7(3-9)4-10-8(6)11-5-12/h2,4-5H,1H3,(H,10,11,12). The van der Waals surface area contributed by atoms with Crippen LogP contribution in [0.1, 0.15) is 11.1 Å². The van der Waals surface area contributed by atoms with Crippen LogP contribution < -0.4 is 5.32 Å². The van der Waals surface area contributed by atoms with Gasteiger partial charge in [-0.25, -0.2) is 4.98 Å². The average molecular weight is 161 g/mol. The monoisotopic (exact) mass is 161 g/mol. The van der Waals surface area contributed by atoms with E-state index in [2.05, 4.69) is 10.3 Å². The highest BCUT2D eigenvalue weighted by atomic mass is 16.1. The molecule has 0 radical (unpaired) electrons. The molecule has 1 aromatic rings. The molecule has 12 heavy (non-hydrogen) atoms. The van der Waals surface area contributed by atoms with E-state index < -0.39 is 0 Å². The molecule has 0 aliphatic carbocycles. The van der Waals surface area contributed by atoms with Crippen molar-refractivity contribution in [2.75, 3.05) is 5.32 Å². The summed E-state index contributed by atoms with van der Waals surface area (Å²) in [5, 5.41) is 10.9. The van der Waals surface area contributed by atoms with E-state index >= 15 is 0 Å². The number of rotatable bonds is 2. The molecule has 4 nitrogen and oxygen atoms in total. The predicted octanol–water partition coefficient (Wildman–Crippen LogP) is 0.830. The fraction of sp³-hybridized carbons (Fsp3) is 0.125. The molecular weight excluding hydrogens is 154 g/mol. The normalized spacial score (nSPS) is 8.67. The van der Waals surface area contributed by atoms with Gasteiger partial charge in [-0.15, -0.1) is 0 Å². The summed E-state index contributed by atoms with van der Waals surface area (Å²) in [4.78, 5) is 13.9. The Morgan fingerprint density at radius 3 is 3.00 bits per heavy atom. The minimum absolute atomic E-state index is 0.490. The SMILES string of the molecule is Cc1cc(C#N)cnc1NC=O. The van der Waals surface area contributed by atoms with Crippen molar-refractivity contribution in [2.45, 2.75) is 6.92 Å². The van der Waals surface area contributed by atoms with Crippen molar-refractivity contribution < 1.29 is 4.79 Å². The Balaban J connectivity index is 3.04. The average Bonchev–Trinajstić information content (AvgIpc) is 2.09. The van der Waals surface area contributed by atoms with E-state index in [1.165, 1.54) is 6.20 Å². The molecule has 0 saturated carbocycles. The number of pyridine rings is 1. The highest BCUT2D eigenvalue weighted by molar-refractivity contribution is 5.70. The molecular formula is C8H7N3O. The second kappa shape index (κ2) is 3.49. The van der Waals surface area contributed by atoms with Crippen molar-refractivity contribution in [3.63, 3.8) is 0 Å². The van der Waals surface area contributed by atoms with Crippen LogP contribution in [0.5, 0.6) is 0 Å². The lowest BCUT2D eigenvalue weighted by atomic mass is 10.2. The minimum atomic E-state index is 0.490. The van der Waals surface area contributed by atoms with E-state index in [1.807, 2.05) is 6.07 Å². The summed E-state index contributed by atoms with van der Waals surface area (Å²) in [7, 11) is 0. The molecule has 0 aliphatic rings. The first-order valence-electron chi connectivity index (χ1n) is 3.35. The van der Waals surface area contributed by atoms with Crippen molar-refractivity contribution in [3.05, 3.63) is 23.4 Å². The number of aromatic nitrogens is 1. The van der Waals surface area contributed by atoms with Crippen LogP contribution in [0.4, 0.5) is 5.82 Å². The van der Waals surface area contributed by atoms with Crippen LogP contribution in [0.15, 0.2) is 12.3 Å². The number of nitrogens with one attached hydrogen (secondary N) is 1. The number of nitrogens with zero attached hydrogens (tertiary/aromatic N) is 2. The highest BCUT2D eigenvalue weighted by Crippen LogP contribution is 2.10. The summed E-state index contributed by atoms with van der Waals surface area (Å²) in [5.41, 5.74) is 1.27. The Morgan fingerprint density at radius 2 is 2.50 bits per heavy atom. The molecule has 1 heterocycles. The molecule has 1 amide bonds. The molecule has 0 unspecified atom stereocenters. The molecule has 60 valence electrons. The molecule has 0 aliphatic heterocycles. The van der Waals surface area contributed by atoms with Crippen molar-refractivity contribution in [1.82, 2.24) is 4.98 Å². The second-order valence-corrected chi connectivity index (χ2v) is 2.26. The van der Waals surface area contributed by atoms with Gasteiger partial charge in [0.15, 0.2) is 0 Å². The summed E-state index contributed by atoms with van der Waals surface area (Å²) in [6, 6.07) is 3.62. The van der Waals surface area contributed by atoms with Crippen LogP contribution in [0.3, 0.4) is 0 Å². The van der Waals surface area contributed by atoms with Gasteiger partial charge in [0.1, 0.15) is 11.9 Å². The summed E-state index contributed by atoms with van der Waals surface area (Å²) >= 11 is 0. The fourth-order valence-electron chi connectivity index (χ4n) is 0.843. The lowest BCUT2D eigenvalue weighted by molar-refractivity contribution is -0.105. The van der Waals surface area contributed by atoms with Crippen LogP contribution in [-0.4, -0.2) is 11.4 Å². The maximum absolute atomic E-state index is 10.1. The molecule has 1 N–H and O–H groups in total. The quantitative estimate of drug-likeness (QED) is 0.653. The highest BCUT2D eigenvalue weighted by Gasteiger charge is 1.98. The van der Waals surface area contributed by atoms with Gasteiger partial charge in [0, 0.05) is 6.20 Å². The predicted molar refractivity (Wildman–Crippen MR) is 43.4 cm³/mol. The second-order valence-electron chi connectivity index (χ2n) is 2.26. The molecule has 0 spiro atoms. The Morgan fingerprint density at radius 1 is 1.75 bits per heavy atom. The molecule has 0 atom stereocenters. The van der Waals surface area contributed by atoms with Crippen LogP contribution in [0.2, 0.25) is 0 Å². The first-order valence-corrected chi connectivity index (χ1v) is 3.35. The maximum atomic E-state index is 10.1. The number of carbonyl (C=O) groups is 1. The smallest absolute Gasteiger partial charge is 0.212 e. The molecule has 4 heteroatoms. The van der Waals surface area contributed by atoms with Crippen LogP contribution in [0, 0.1) is 18.3 Å². The number of aryl methyl sites for hydroxylation is 1. The Labute approximate surface area is 69.8 Å². The summed E-state index contributed by atoms with van der Waals surface area (Å²) < 4.78 is 0. The number of anilines is 1. The largest absolute Gasteiger partial charge is 0.313 e. The van der Waals surface area contributed by atoms with Gasteiger partial charge in [0.2, 0.25) is 6.41 Å². The number of hydrogen-bond donors (Lipinski definition) is 1. The van der Waals surface area contributed by atoms with Crippen molar-refractivity contribution in [1.29, 1.82) is 5.26 Å². The van der Waals surface area contributed by atoms with E-state index in [1.54, 1.807) is 13.0 Å². The first kappa shape index (κ1) is 8.21. The summed E-state index contributed by atoms with van der Waals surface area (Å²) in [6.45, 7) is 1.78. The van der Waals surface area contributed by atoms with Crippen LogP contribution >= 0.6 is 0 Å². The van der Waals surface area contributed by atoms with Crippen molar-refractivity contribution >= 4 is 12.2 Å². The Hall–Kier alpha value is -1.89. The number of nitriles is 1. The van der Waals surface area contributed by atoms with E-state index in [-0.39, 0.29) is 0 Å². The topological polar surface area (TPSA) is 65.8 Å². The summed E-state index contributed by atoms with van der Waals surface area (Å²) in [6.07, 6.45) is 1.97. The summed E-state index contributed by atoms with van der Waals surface area (Å²) in [5.74, 6) is 0.490. The number of amides is 1. The third kappa shape index (κ3) is 1.58. The van der Waals surface area contributed by atoms with Gasteiger partial charge in [0.05, 0.1) is 5.56 Å². The zero-order valence-electron chi connectivity index (χ0n) is 6.53. The number of hydrogen-bond acceptors (Lipinski definition) is 3. The van der Waals surface area contributed by atoms with Crippen LogP contribution in [-0.2, 0) is 4.79 Å². The van der Waals surface area contributed by atoms with Gasteiger partial charge in [-0.2, -0.15) is 5.26 Å². The molecule has 0 bridgehead atoms. The third-order valence-corrected chi connectivity index (χ3v) is 1.40. The molecule has 0 saturated heterocycles. The fourth-order valence-corrected chi connectivity index (χ4v) is 0.843. The lowest BCUT2D eigenvalue weighted by Gasteiger charge is -2.00. The van der Waals surface area contributed by atoms with Crippen LogP contribution in [0.25, 0.3) is 0 Å². The van der Waals surface area contributed by atoms with Gasteiger partial charge in [-0.1, -0.05) is 0 Å². The van der Waals surface area contributed by atoms with E-state index in [0.717, 1.165) is 5.56 Å². The van der Waals surface area contributed by atoms with Crippen molar-refractivity contribution in [3.8, 4) is 6.07 Å². The van der Waals surface area contributed by atoms with E-state index in [9.17, 15) is 4.79 Å². The number of carbonyl (C=O) groups excluding carboxylic acids is 1. The zero-order chi connectivity index (χ0) is 8.97. The van der Waals surface area contributed by atoms with E-state index in [4.69, 9.17) is 5.26 Å². The van der Waals surface area contributed by atoms with Gasteiger partial charge >= 0.3 is 0 Å². The minimum Gasteiger partial charge on any atom is -0.313 e. The molecule has 1 rings (SSSR count). The molecule has 1 aromatic heterocycles. The van der Waals surface area contributed by atoms with Gasteiger partial charge in [-0.3, -0.25) is 4.79 Å². The van der Waals surface area contributed by atoms with E-state index in [0.29, 0.717) is 17.8 Å². The molecule has 0 fully saturated rings. The maximum Gasteiger partial charge on any atom is 0.212 e. The third-order valence-electron chi connectivity index (χ3n) is 1.40. The molecule has 0 aromatic carbocycles. The first-order chi connectivity index (χ1) is 5.77. The Kier molecular flexibility index (Phi) is 2.38. The Bertz CT molecular complexity index is 341.